The van der Waals surface area contributed by atoms with Crippen LogP contribution in [0.2, 0.25) is 0 Å². The number of aromatic amines is 1. The van der Waals surface area contributed by atoms with E-state index in [-0.39, 0.29) is 30.9 Å². The SMILES string of the molecule is CCOC(=O)C1=C(COC(=O)CCc2c[nH]c3ccccc23)NC(=O)N[C@H]1C. The highest BCUT2D eigenvalue weighted by atomic mass is 16.5. The Hall–Kier alpha value is -3.29. The zero-order valence-electron chi connectivity index (χ0n) is 15.8. The van der Waals surface area contributed by atoms with E-state index in [1.54, 1.807) is 13.8 Å². The van der Waals surface area contributed by atoms with Gasteiger partial charge in [-0.3, -0.25) is 4.79 Å². The average molecular weight is 385 g/mol. The maximum atomic E-state index is 12.2. The number of esters is 2. The van der Waals surface area contributed by atoms with Crippen LogP contribution < -0.4 is 10.6 Å². The first-order valence-electron chi connectivity index (χ1n) is 9.18. The second-order valence-electron chi connectivity index (χ2n) is 6.45. The first-order chi connectivity index (χ1) is 13.5. The molecule has 2 amide bonds. The van der Waals surface area contributed by atoms with E-state index in [9.17, 15) is 14.4 Å². The number of para-hydroxylation sites is 1. The number of carbonyl (C=O) groups excluding carboxylic acids is 3. The summed E-state index contributed by atoms with van der Waals surface area (Å²) in [6.07, 6.45) is 2.59. The van der Waals surface area contributed by atoms with E-state index in [2.05, 4.69) is 15.6 Å². The van der Waals surface area contributed by atoms with E-state index >= 15 is 0 Å². The van der Waals surface area contributed by atoms with Crippen molar-refractivity contribution in [3.63, 3.8) is 0 Å². The second kappa shape index (κ2) is 8.60. The Morgan fingerprint density at radius 1 is 1.18 bits per heavy atom. The zero-order valence-corrected chi connectivity index (χ0v) is 15.8. The Morgan fingerprint density at radius 3 is 2.75 bits per heavy atom. The molecule has 8 heteroatoms. The Labute approximate surface area is 162 Å². The van der Waals surface area contributed by atoms with Crippen molar-refractivity contribution in [2.75, 3.05) is 13.2 Å². The summed E-state index contributed by atoms with van der Waals surface area (Å²) < 4.78 is 10.3. The summed E-state index contributed by atoms with van der Waals surface area (Å²) in [6, 6.07) is 6.87. The summed E-state index contributed by atoms with van der Waals surface area (Å²) >= 11 is 0. The van der Waals surface area contributed by atoms with Crippen molar-refractivity contribution < 1.29 is 23.9 Å². The zero-order chi connectivity index (χ0) is 20.1. The maximum Gasteiger partial charge on any atom is 0.338 e. The number of nitrogens with one attached hydrogen (secondary N) is 3. The summed E-state index contributed by atoms with van der Waals surface area (Å²) in [5, 5.41) is 6.20. The molecule has 1 aromatic heterocycles. The molecule has 3 rings (SSSR count). The van der Waals surface area contributed by atoms with Gasteiger partial charge in [-0.2, -0.15) is 0 Å². The van der Waals surface area contributed by atoms with Crippen molar-refractivity contribution >= 4 is 28.9 Å². The summed E-state index contributed by atoms with van der Waals surface area (Å²) in [5.74, 6) is -0.964. The predicted molar refractivity (Wildman–Crippen MR) is 102 cm³/mol. The van der Waals surface area contributed by atoms with Gasteiger partial charge >= 0.3 is 18.0 Å². The van der Waals surface area contributed by atoms with Crippen LogP contribution in [0.15, 0.2) is 41.7 Å². The molecule has 0 unspecified atom stereocenters. The largest absolute Gasteiger partial charge is 0.463 e. The van der Waals surface area contributed by atoms with Gasteiger partial charge in [0.25, 0.3) is 0 Å². The molecule has 28 heavy (non-hydrogen) atoms. The van der Waals surface area contributed by atoms with Gasteiger partial charge in [0, 0.05) is 23.5 Å². The molecule has 1 aromatic carbocycles. The van der Waals surface area contributed by atoms with Crippen LogP contribution in [0.4, 0.5) is 4.79 Å². The third-order valence-corrected chi connectivity index (χ3v) is 4.52. The number of H-pyrrole nitrogens is 1. The summed E-state index contributed by atoms with van der Waals surface area (Å²) in [6.45, 7) is 3.38. The number of fused-ring (bicyclic) bond motifs is 1. The Balaban J connectivity index is 1.62. The number of amides is 2. The van der Waals surface area contributed by atoms with Crippen LogP contribution >= 0.6 is 0 Å². The lowest BCUT2D eigenvalue weighted by atomic mass is 10.0. The number of aromatic nitrogens is 1. The minimum atomic E-state index is -0.549. The van der Waals surface area contributed by atoms with E-state index in [1.807, 2.05) is 30.5 Å². The topological polar surface area (TPSA) is 110 Å². The fourth-order valence-electron chi connectivity index (χ4n) is 3.19. The van der Waals surface area contributed by atoms with Crippen LogP contribution in [0.5, 0.6) is 0 Å². The van der Waals surface area contributed by atoms with Crippen LogP contribution in [0.3, 0.4) is 0 Å². The standard InChI is InChI=1S/C20H23N3O5/c1-3-27-19(25)18-12(2)22-20(26)23-16(18)11-28-17(24)9-8-13-10-21-15-7-5-4-6-14(13)15/h4-7,10,12,21H,3,8-9,11H2,1-2H3,(H2,22,23,26)/t12-/m0/s1. The van der Waals surface area contributed by atoms with Gasteiger partial charge < -0.3 is 25.1 Å². The highest BCUT2D eigenvalue weighted by molar-refractivity contribution is 5.94. The molecule has 0 fully saturated rings. The van der Waals surface area contributed by atoms with Crippen molar-refractivity contribution in [2.24, 2.45) is 0 Å². The highest BCUT2D eigenvalue weighted by Gasteiger charge is 2.30. The van der Waals surface area contributed by atoms with Crippen molar-refractivity contribution in [1.29, 1.82) is 0 Å². The van der Waals surface area contributed by atoms with Crippen molar-refractivity contribution in [2.45, 2.75) is 32.7 Å². The van der Waals surface area contributed by atoms with Gasteiger partial charge in [-0.25, -0.2) is 9.59 Å². The molecule has 0 aliphatic carbocycles. The third-order valence-electron chi connectivity index (χ3n) is 4.52. The van der Waals surface area contributed by atoms with Gasteiger partial charge in [0.05, 0.1) is 23.9 Å². The molecule has 1 atom stereocenters. The van der Waals surface area contributed by atoms with Crippen molar-refractivity contribution in [3.8, 4) is 0 Å². The van der Waals surface area contributed by atoms with Gasteiger partial charge in [0.15, 0.2) is 0 Å². The molecule has 148 valence electrons. The second-order valence-corrected chi connectivity index (χ2v) is 6.45. The molecular weight excluding hydrogens is 362 g/mol. The van der Waals surface area contributed by atoms with E-state index in [0.717, 1.165) is 16.5 Å². The molecule has 8 nitrogen and oxygen atoms in total. The monoisotopic (exact) mass is 385 g/mol. The van der Waals surface area contributed by atoms with E-state index in [4.69, 9.17) is 9.47 Å². The van der Waals surface area contributed by atoms with Crippen LogP contribution in [0.25, 0.3) is 10.9 Å². The average Bonchev–Trinajstić information content (AvgIpc) is 3.07. The molecule has 1 aliphatic rings. The molecule has 1 aliphatic heterocycles. The molecule has 2 aromatic rings. The number of hydrogen-bond donors (Lipinski definition) is 3. The van der Waals surface area contributed by atoms with Gasteiger partial charge in [-0.1, -0.05) is 18.2 Å². The number of urea groups is 1. The van der Waals surface area contributed by atoms with Gasteiger partial charge in [-0.15, -0.1) is 0 Å². The van der Waals surface area contributed by atoms with Crippen molar-refractivity contribution in [3.05, 3.63) is 47.3 Å². The van der Waals surface area contributed by atoms with Crippen LogP contribution in [-0.4, -0.2) is 42.2 Å². The van der Waals surface area contributed by atoms with E-state index < -0.39 is 24.0 Å². The first kappa shape index (κ1) is 19.5. The lowest BCUT2D eigenvalue weighted by Gasteiger charge is -2.26. The summed E-state index contributed by atoms with van der Waals surface area (Å²) in [7, 11) is 0. The molecule has 0 saturated carbocycles. The van der Waals surface area contributed by atoms with E-state index in [0.29, 0.717) is 6.42 Å². The molecule has 2 heterocycles. The Kier molecular flexibility index (Phi) is 5.98. The van der Waals surface area contributed by atoms with Crippen LogP contribution in [0.1, 0.15) is 25.8 Å². The molecule has 0 saturated heterocycles. The lowest BCUT2D eigenvalue weighted by molar-refractivity contribution is -0.143. The summed E-state index contributed by atoms with van der Waals surface area (Å²) in [5.41, 5.74) is 2.55. The van der Waals surface area contributed by atoms with Crippen LogP contribution in [-0.2, 0) is 25.5 Å². The Morgan fingerprint density at radius 2 is 1.96 bits per heavy atom. The quantitative estimate of drug-likeness (QED) is 0.633. The van der Waals surface area contributed by atoms with E-state index in [1.165, 1.54) is 0 Å². The highest BCUT2D eigenvalue weighted by Crippen LogP contribution is 2.19. The minimum absolute atomic E-state index is 0.186. The summed E-state index contributed by atoms with van der Waals surface area (Å²) in [4.78, 5) is 39.2. The van der Waals surface area contributed by atoms with Crippen molar-refractivity contribution in [1.82, 2.24) is 15.6 Å². The number of rotatable bonds is 7. The first-order valence-corrected chi connectivity index (χ1v) is 9.18. The number of hydrogen-bond acceptors (Lipinski definition) is 5. The van der Waals surface area contributed by atoms with Crippen LogP contribution in [0, 0.1) is 0 Å². The number of aryl methyl sites for hydroxylation is 1. The molecule has 0 radical (unpaired) electrons. The fraction of sp³-hybridized carbons (Fsp3) is 0.350. The Bertz CT molecular complexity index is 931. The fourth-order valence-corrected chi connectivity index (χ4v) is 3.19. The van der Waals surface area contributed by atoms with Gasteiger partial charge in [-0.05, 0) is 31.9 Å². The number of ether oxygens (including phenoxy) is 2. The third kappa shape index (κ3) is 4.33. The number of benzene rings is 1. The number of carbonyl (C=O) groups is 3. The molecule has 3 N–H and O–H groups in total. The molecule has 0 bridgehead atoms. The van der Waals surface area contributed by atoms with Gasteiger partial charge in [0.2, 0.25) is 0 Å². The lowest BCUT2D eigenvalue weighted by Crippen LogP contribution is -2.50. The predicted octanol–water partition coefficient (Wildman–Crippen LogP) is 2.16. The smallest absolute Gasteiger partial charge is 0.338 e. The minimum Gasteiger partial charge on any atom is -0.463 e. The molecule has 0 spiro atoms. The van der Waals surface area contributed by atoms with Gasteiger partial charge in [0.1, 0.15) is 6.61 Å². The maximum absolute atomic E-state index is 12.2. The molecular formula is C20H23N3O5. The normalized spacial score (nSPS) is 16.5.